The highest BCUT2D eigenvalue weighted by molar-refractivity contribution is 5.76. The first-order valence-corrected chi connectivity index (χ1v) is 16.9. The summed E-state index contributed by atoms with van der Waals surface area (Å²) in [6, 6.07) is 0. The van der Waals surface area contributed by atoms with Crippen LogP contribution < -0.4 is 16.0 Å². The molecule has 2 aliphatic heterocycles. The van der Waals surface area contributed by atoms with Gasteiger partial charge in [-0.05, 0) is 45.4 Å². The molecule has 0 saturated carbocycles. The van der Waals surface area contributed by atoms with Crippen molar-refractivity contribution >= 4 is 5.91 Å². The first kappa shape index (κ1) is 37.3. The standard InChI is InChI=1S/C31H63N5O6/c1-2-3-4-5-6-7-8-9-10-11-22-36(31-30(41)29(40)28(39)26(25-37)42-31)27(38)14-23-35-21-13-17-33-19-18-32-15-12-16-34-20-24-35/h26,28-34,37,39-41H,2-25H2,1H3/t26-,28-,29+,30-,31-/m1/s1. The number of aliphatic hydroxyl groups is 4. The van der Waals surface area contributed by atoms with Crippen molar-refractivity contribution < 1.29 is 30.0 Å². The van der Waals surface area contributed by atoms with Crippen molar-refractivity contribution in [1.82, 2.24) is 25.8 Å². The van der Waals surface area contributed by atoms with Gasteiger partial charge in [0.25, 0.3) is 0 Å². The second-order valence-corrected chi connectivity index (χ2v) is 12.0. The first-order valence-electron chi connectivity index (χ1n) is 16.9. The Bertz CT molecular complexity index is 662. The summed E-state index contributed by atoms with van der Waals surface area (Å²) in [6.45, 7) is 10.1. The molecule has 2 aliphatic rings. The van der Waals surface area contributed by atoms with E-state index in [0.29, 0.717) is 13.1 Å². The van der Waals surface area contributed by atoms with Crippen molar-refractivity contribution in [3.63, 3.8) is 0 Å². The van der Waals surface area contributed by atoms with E-state index in [1.807, 2.05) is 0 Å². The van der Waals surface area contributed by atoms with E-state index in [2.05, 4.69) is 27.8 Å². The zero-order valence-electron chi connectivity index (χ0n) is 26.4. The molecule has 7 N–H and O–H groups in total. The molecule has 11 nitrogen and oxygen atoms in total. The van der Waals surface area contributed by atoms with Gasteiger partial charge in [-0.15, -0.1) is 0 Å². The summed E-state index contributed by atoms with van der Waals surface area (Å²) in [5.74, 6) is -0.146. The molecule has 2 heterocycles. The summed E-state index contributed by atoms with van der Waals surface area (Å²) in [4.78, 5) is 17.5. The number of rotatable bonds is 16. The van der Waals surface area contributed by atoms with E-state index in [1.165, 1.54) is 49.8 Å². The van der Waals surface area contributed by atoms with Crippen LogP contribution in [0.5, 0.6) is 0 Å². The average molecular weight is 602 g/mol. The van der Waals surface area contributed by atoms with E-state index >= 15 is 0 Å². The molecule has 0 aromatic heterocycles. The summed E-state index contributed by atoms with van der Waals surface area (Å²) < 4.78 is 5.82. The highest BCUT2D eigenvalue weighted by atomic mass is 16.6. The van der Waals surface area contributed by atoms with Gasteiger partial charge in [-0.3, -0.25) is 4.79 Å². The molecule has 2 rings (SSSR count). The Morgan fingerprint density at radius 2 is 1.36 bits per heavy atom. The Labute approximate surface area is 254 Å². The van der Waals surface area contributed by atoms with E-state index in [-0.39, 0.29) is 12.3 Å². The van der Waals surface area contributed by atoms with E-state index in [0.717, 1.165) is 84.5 Å². The predicted octanol–water partition coefficient (Wildman–Crippen LogP) is 0.791. The van der Waals surface area contributed by atoms with Crippen LogP contribution in [0.1, 0.15) is 90.4 Å². The van der Waals surface area contributed by atoms with Crippen LogP contribution in [-0.4, -0.2) is 139 Å². The SMILES string of the molecule is CCCCCCCCCCCCN(C(=O)CCN1CCCNCCNCCCNCC1)[C@@H]1O[C@H](CO)[C@@H](O)[C@H](O)[C@H]1O. The number of nitrogens with zero attached hydrogens (tertiary/aromatic N) is 2. The maximum absolute atomic E-state index is 13.6. The molecule has 0 unspecified atom stereocenters. The Morgan fingerprint density at radius 1 is 0.762 bits per heavy atom. The molecule has 0 aromatic carbocycles. The maximum Gasteiger partial charge on any atom is 0.225 e. The number of hydrogen-bond donors (Lipinski definition) is 7. The van der Waals surface area contributed by atoms with E-state index in [4.69, 9.17) is 4.74 Å². The van der Waals surface area contributed by atoms with Gasteiger partial charge in [-0.25, -0.2) is 0 Å². The van der Waals surface area contributed by atoms with Crippen molar-refractivity contribution in [2.75, 3.05) is 72.1 Å². The van der Waals surface area contributed by atoms with Crippen molar-refractivity contribution in [2.24, 2.45) is 0 Å². The van der Waals surface area contributed by atoms with Crippen LogP contribution in [0.25, 0.3) is 0 Å². The molecule has 248 valence electrons. The lowest BCUT2D eigenvalue weighted by Crippen LogP contribution is -2.64. The van der Waals surface area contributed by atoms with Crippen LogP contribution in [0.3, 0.4) is 0 Å². The topological polar surface area (TPSA) is 150 Å². The molecule has 2 fully saturated rings. The summed E-state index contributed by atoms with van der Waals surface area (Å²) >= 11 is 0. The highest BCUT2D eigenvalue weighted by Crippen LogP contribution is 2.25. The van der Waals surface area contributed by atoms with Gasteiger partial charge >= 0.3 is 0 Å². The quantitative estimate of drug-likeness (QED) is 0.127. The number of amides is 1. The van der Waals surface area contributed by atoms with Crippen molar-refractivity contribution in [2.45, 2.75) is 121 Å². The molecule has 0 aromatic rings. The monoisotopic (exact) mass is 601 g/mol. The fraction of sp³-hybridized carbons (Fsp3) is 0.968. The molecule has 0 bridgehead atoms. The van der Waals surface area contributed by atoms with Crippen LogP contribution in [0.15, 0.2) is 0 Å². The van der Waals surface area contributed by atoms with Crippen molar-refractivity contribution in [1.29, 1.82) is 0 Å². The fourth-order valence-electron chi connectivity index (χ4n) is 5.79. The second kappa shape index (κ2) is 23.5. The smallest absolute Gasteiger partial charge is 0.225 e. The predicted molar refractivity (Wildman–Crippen MR) is 166 cm³/mol. The average Bonchev–Trinajstić information content (AvgIpc) is 2.99. The number of ether oxygens (including phenoxy) is 1. The largest absolute Gasteiger partial charge is 0.394 e. The molecule has 1 amide bonds. The maximum atomic E-state index is 13.6. The number of unbranched alkanes of at least 4 members (excludes halogenated alkanes) is 9. The van der Waals surface area contributed by atoms with Gasteiger partial charge in [0.15, 0.2) is 6.23 Å². The van der Waals surface area contributed by atoms with Crippen LogP contribution >= 0.6 is 0 Å². The third kappa shape index (κ3) is 14.7. The number of nitrogens with one attached hydrogen (secondary N) is 3. The van der Waals surface area contributed by atoms with E-state index in [9.17, 15) is 25.2 Å². The Morgan fingerprint density at radius 3 is 2.00 bits per heavy atom. The summed E-state index contributed by atoms with van der Waals surface area (Å²) in [6.07, 6.45) is 7.50. The molecule has 42 heavy (non-hydrogen) atoms. The molecular weight excluding hydrogens is 538 g/mol. The normalized spacial score (nSPS) is 27.4. The molecule has 0 aliphatic carbocycles. The lowest BCUT2D eigenvalue weighted by Gasteiger charge is -2.44. The minimum Gasteiger partial charge on any atom is -0.394 e. The Hall–Kier alpha value is -0.890. The summed E-state index contributed by atoms with van der Waals surface area (Å²) in [5, 5.41) is 51.6. The molecular formula is C31H63N5O6. The molecule has 5 atom stereocenters. The number of hydrogen-bond acceptors (Lipinski definition) is 10. The van der Waals surface area contributed by atoms with Crippen LogP contribution in [0.2, 0.25) is 0 Å². The van der Waals surface area contributed by atoms with Crippen LogP contribution in [0.4, 0.5) is 0 Å². The molecule has 0 radical (unpaired) electrons. The van der Waals surface area contributed by atoms with Gasteiger partial charge < -0.3 is 50.9 Å². The fourth-order valence-corrected chi connectivity index (χ4v) is 5.79. The molecule has 0 spiro atoms. The van der Waals surface area contributed by atoms with Crippen molar-refractivity contribution in [3.05, 3.63) is 0 Å². The zero-order chi connectivity index (χ0) is 30.4. The lowest BCUT2D eigenvalue weighted by molar-refractivity contribution is -0.262. The highest BCUT2D eigenvalue weighted by Gasteiger charge is 2.46. The van der Waals surface area contributed by atoms with Gasteiger partial charge in [-0.2, -0.15) is 0 Å². The van der Waals surface area contributed by atoms with Gasteiger partial charge in [0.2, 0.25) is 5.91 Å². The summed E-state index contributed by atoms with van der Waals surface area (Å²) in [7, 11) is 0. The van der Waals surface area contributed by atoms with Gasteiger partial charge in [-0.1, -0.05) is 64.7 Å². The third-order valence-electron chi connectivity index (χ3n) is 8.51. The van der Waals surface area contributed by atoms with Crippen LogP contribution in [0, 0.1) is 0 Å². The van der Waals surface area contributed by atoms with E-state index < -0.39 is 37.3 Å². The van der Waals surface area contributed by atoms with Gasteiger partial charge in [0.1, 0.15) is 24.4 Å². The minimum absolute atomic E-state index is 0.146. The Balaban J connectivity index is 1.92. The zero-order valence-corrected chi connectivity index (χ0v) is 26.4. The van der Waals surface area contributed by atoms with Crippen molar-refractivity contribution in [3.8, 4) is 0 Å². The molecule has 11 heteroatoms. The number of aliphatic hydroxyl groups excluding tert-OH is 4. The lowest BCUT2D eigenvalue weighted by atomic mass is 9.97. The first-order chi connectivity index (χ1) is 20.5. The Kier molecular flexibility index (Phi) is 20.9. The van der Waals surface area contributed by atoms with Gasteiger partial charge in [0, 0.05) is 45.7 Å². The summed E-state index contributed by atoms with van der Waals surface area (Å²) in [5.41, 5.74) is 0. The van der Waals surface area contributed by atoms with Gasteiger partial charge in [0.05, 0.1) is 6.61 Å². The van der Waals surface area contributed by atoms with E-state index in [1.54, 1.807) is 0 Å². The molecule has 2 saturated heterocycles. The minimum atomic E-state index is -1.50. The number of carbonyl (C=O) groups excluding carboxylic acids is 1. The third-order valence-corrected chi connectivity index (χ3v) is 8.51. The number of carbonyl (C=O) groups is 1. The van der Waals surface area contributed by atoms with Crippen LogP contribution in [-0.2, 0) is 9.53 Å². The second-order valence-electron chi connectivity index (χ2n) is 12.0.